The molecule has 0 aromatic rings. The molecule has 0 aromatic heterocycles. The minimum atomic E-state index is -0.0876. The molecule has 0 aromatic carbocycles. The van der Waals surface area contributed by atoms with E-state index in [0.717, 1.165) is 19.5 Å². The molecule has 0 heterocycles. The van der Waals surface area contributed by atoms with Gasteiger partial charge in [-0.1, -0.05) is 13.8 Å². The summed E-state index contributed by atoms with van der Waals surface area (Å²) in [6.45, 7) is 8.09. The Kier molecular flexibility index (Phi) is 6.76. The van der Waals surface area contributed by atoms with Crippen LogP contribution in [0.5, 0.6) is 0 Å². The predicted octanol–water partition coefficient (Wildman–Crippen LogP) is 1.19. The molecule has 3 heteroatoms. The SMILES string of the molecule is CCNCCC(C)C(=O)OCC. The van der Waals surface area contributed by atoms with Gasteiger partial charge < -0.3 is 10.1 Å². The Morgan fingerprint density at radius 3 is 2.67 bits per heavy atom. The third kappa shape index (κ3) is 5.13. The van der Waals surface area contributed by atoms with Crippen LogP contribution in [-0.4, -0.2) is 25.7 Å². The maximum absolute atomic E-state index is 11.1. The molecule has 3 nitrogen and oxygen atoms in total. The lowest BCUT2D eigenvalue weighted by atomic mass is 10.1. The molecule has 1 atom stereocenters. The highest BCUT2D eigenvalue weighted by Gasteiger charge is 2.12. The molecule has 0 aliphatic rings. The number of hydrogen-bond donors (Lipinski definition) is 1. The number of nitrogens with one attached hydrogen (secondary N) is 1. The van der Waals surface area contributed by atoms with Crippen molar-refractivity contribution in [2.45, 2.75) is 27.2 Å². The maximum atomic E-state index is 11.1. The van der Waals surface area contributed by atoms with E-state index in [1.165, 1.54) is 0 Å². The summed E-state index contributed by atoms with van der Waals surface area (Å²) >= 11 is 0. The van der Waals surface area contributed by atoms with Gasteiger partial charge in [0.2, 0.25) is 0 Å². The van der Waals surface area contributed by atoms with Crippen LogP contribution in [0, 0.1) is 5.92 Å². The van der Waals surface area contributed by atoms with Crippen LogP contribution in [0.3, 0.4) is 0 Å². The molecule has 0 saturated heterocycles. The quantitative estimate of drug-likeness (QED) is 0.484. The van der Waals surface area contributed by atoms with Crippen molar-refractivity contribution in [2.75, 3.05) is 19.7 Å². The molecule has 72 valence electrons. The van der Waals surface area contributed by atoms with Gasteiger partial charge >= 0.3 is 5.97 Å². The Morgan fingerprint density at radius 2 is 2.17 bits per heavy atom. The van der Waals surface area contributed by atoms with E-state index in [-0.39, 0.29) is 11.9 Å². The number of carbonyl (C=O) groups is 1. The van der Waals surface area contributed by atoms with Gasteiger partial charge in [0.25, 0.3) is 0 Å². The summed E-state index contributed by atoms with van der Waals surface area (Å²) in [6.07, 6.45) is 0.854. The summed E-state index contributed by atoms with van der Waals surface area (Å²) in [5.41, 5.74) is 0. The van der Waals surface area contributed by atoms with Gasteiger partial charge in [-0.15, -0.1) is 0 Å². The van der Waals surface area contributed by atoms with Gasteiger partial charge in [0.15, 0.2) is 0 Å². The average molecular weight is 173 g/mol. The molecule has 0 rings (SSSR count). The number of rotatable bonds is 6. The maximum Gasteiger partial charge on any atom is 0.308 e. The topological polar surface area (TPSA) is 38.3 Å². The van der Waals surface area contributed by atoms with Crippen LogP contribution in [0.1, 0.15) is 27.2 Å². The zero-order chi connectivity index (χ0) is 9.40. The minimum Gasteiger partial charge on any atom is -0.466 e. The fourth-order valence-corrected chi connectivity index (χ4v) is 0.898. The Balaban J connectivity index is 3.42. The van der Waals surface area contributed by atoms with E-state index in [0.29, 0.717) is 6.61 Å². The lowest BCUT2D eigenvalue weighted by molar-refractivity contribution is -0.147. The first-order valence-corrected chi connectivity index (χ1v) is 4.59. The Hall–Kier alpha value is -0.570. The van der Waals surface area contributed by atoms with E-state index in [9.17, 15) is 4.79 Å². The highest BCUT2D eigenvalue weighted by molar-refractivity contribution is 5.71. The summed E-state index contributed by atoms with van der Waals surface area (Å²) in [4.78, 5) is 11.1. The largest absolute Gasteiger partial charge is 0.466 e. The fraction of sp³-hybridized carbons (Fsp3) is 0.889. The molecule has 0 aliphatic carbocycles. The highest BCUT2D eigenvalue weighted by atomic mass is 16.5. The summed E-state index contributed by atoms with van der Waals surface area (Å²) in [5, 5.41) is 3.17. The first-order chi connectivity index (χ1) is 5.72. The average Bonchev–Trinajstić information content (AvgIpc) is 2.05. The smallest absolute Gasteiger partial charge is 0.308 e. The van der Waals surface area contributed by atoms with Crippen LogP contribution < -0.4 is 5.32 Å². The van der Waals surface area contributed by atoms with Crippen LogP contribution >= 0.6 is 0 Å². The molecule has 0 spiro atoms. The second-order valence-corrected chi connectivity index (χ2v) is 2.80. The van der Waals surface area contributed by atoms with Crippen LogP contribution in [0.4, 0.5) is 0 Å². The van der Waals surface area contributed by atoms with E-state index in [1.54, 1.807) is 0 Å². The molecule has 0 aliphatic heterocycles. The fourth-order valence-electron chi connectivity index (χ4n) is 0.898. The van der Waals surface area contributed by atoms with Crippen LogP contribution in [-0.2, 0) is 9.53 Å². The summed E-state index contributed by atoms with van der Waals surface area (Å²) < 4.78 is 4.87. The zero-order valence-corrected chi connectivity index (χ0v) is 8.22. The summed E-state index contributed by atoms with van der Waals surface area (Å²) in [5.74, 6) is -0.0700. The van der Waals surface area contributed by atoms with Crippen molar-refractivity contribution < 1.29 is 9.53 Å². The van der Waals surface area contributed by atoms with Crippen molar-refractivity contribution in [3.05, 3.63) is 0 Å². The van der Waals surface area contributed by atoms with E-state index >= 15 is 0 Å². The van der Waals surface area contributed by atoms with Crippen molar-refractivity contribution in [1.82, 2.24) is 5.32 Å². The Labute approximate surface area is 74.5 Å². The zero-order valence-electron chi connectivity index (χ0n) is 8.22. The van der Waals surface area contributed by atoms with Gasteiger partial charge in [0.05, 0.1) is 12.5 Å². The predicted molar refractivity (Wildman–Crippen MR) is 49.0 cm³/mol. The highest BCUT2D eigenvalue weighted by Crippen LogP contribution is 2.02. The van der Waals surface area contributed by atoms with E-state index in [4.69, 9.17) is 4.74 Å². The van der Waals surface area contributed by atoms with Gasteiger partial charge in [-0.2, -0.15) is 0 Å². The van der Waals surface area contributed by atoms with Gasteiger partial charge in [0.1, 0.15) is 0 Å². The van der Waals surface area contributed by atoms with E-state index < -0.39 is 0 Å². The third-order valence-electron chi connectivity index (χ3n) is 1.69. The van der Waals surface area contributed by atoms with E-state index in [1.807, 2.05) is 13.8 Å². The Bertz CT molecular complexity index is 126. The van der Waals surface area contributed by atoms with Gasteiger partial charge in [-0.25, -0.2) is 0 Å². The van der Waals surface area contributed by atoms with Crippen molar-refractivity contribution in [1.29, 1.82) is 0 Å². The normalized spacial score (nSPS) is 12.6. The second-order valence-electron chi connectivity index (χ2n) is 2.80. The molecular weight excluding hydrogens is 154 g/mol. The summed E-state index contributed by atoms with van der Waals surface area (Å²) in [7, 11) is 0. The van der Waals surface area contributed by atoms with Gasteiger partial charge in [-0.05, 0) is 26.4 Å². The molecule has 1 unspecified atom stereocenters. The second kappa shape index (κ2) is 7.10. The number of esters is 1. The monoisotopic (exact) mass is 173 g/mol. The van der Waals surface area contributed by atoms with Gasteiger partial charge in [-0.3, -0.25) is 4.79 Å². The first-order valence-electron chi connectivity index (χ1n) is 4.59. The van der Waals surface area contributed by atoms with Crippen LogP contribution in [0.2, 0.25) is 0 Å². The number of hydrogen-bond acceptors (Lipinski definition) is 3. The molecule has 0 amide bonds. The van der Waals surface area contributed by atoms with E-state index in [2.05, 4.69) is 12.2 Å². The van der Waals surface area contributed by atoms with Crippen molar-refractivity contribution in [3.63, 3.8) is 0 Å². The lowest BCUT2D eigenvalue weighted by Gasteiger charge is -2.09. The van der Waals surface area contributed by atoms with Crippen LogP contribution in [0.25, 0.3) is 0 Å². The third-order valence-corrected chi connectivity index (χ3v) is 1.69. The first kappa shape index (κ1) is 11.4. The molecule has 0 fully saturated rings. The van der Waals surface area contributed by atoms with Crippen molar-refractivity contribution in [3.8, 4) is 0 Å². The van der Waals surface area contributed by atoms with Crippen LogP contribution in [0.15, 0.2) is 0 Å². The van der Waals surface area contributed by atoms with Crippen molar-refractivity contribution in [2.24, 2.45) is 5.92 Å². The molecule has 0 saturated carbocycles. The molecule has 12 heavy (non-hydrogen) atoms. The van der Waals surface area contributed by atoms with Crippen molar-refractivity contribution >= 4 is 5.97 Å². The molecule has 1 N–H and O–H groups in total. The van der Waals surface area contributed by atoms with Gasteiger partial charge in [0, 0.05) is 0 Å². The number of ether oxygens (including phenoxy) is 1. The molecule has 0 radical (unpaired) electrons. The minimum absolute atomic E-state index is 0.0176. The molecule has 0 bridgehead atoms. The lowest BCUT2D eigenvalue weighted by Crippen LogP contribution is -2.21. The Morgan fingerprint density at radius 1 is 1.50 bits per heavy atom. The molecular formula is C9H19NO2. The standard InChI is InChI=1S/C9H19NO2/c1-4-10-7-6-8(3)9(11)12-5-2/h8,10H,4-7H2,1-3H3. The number of carbonyl (C=O) groups excluding carboxylic acids is 1. The summed E-state index contributed by atoms with van der Waals surface area (Å²) in [6, 6.07) is 0.